The predicted molar refractivity (Wildman–Crippen MR) is 110 cm³/mol. The molecular formula is C24H22S. The van der Waals surface area contributed by atoms with E-state index in [2.05, 4.69) is 75.4 Å². The molecule has 124 valence electrons. The fourth-order valence-electron chi connectivity index (χ4n) is 4.49. The molecule has 0 N–H and O–H groups in total. The number of rotatable bonds is 2. The molecule has 1 aromatic carbocycles. The van der Waals surface area contributed by atoms with Gasteiger partial charge in [0.1, 0.15) is 0 Å². The number of hydrogen-bond donors (Lipinski definition) is 0. The van der Waals surface area contributed by atoms with Gasteiger partial charge in [-0.3, -0.25) is 0 Å². The average Bonchev–Trinajstić information content (AvgIpc) is 3.23. The highest BCUT2D eigenvalue weighted by atomic mass is 32.2. The average molecular weight is 343 g/mol. The number of allylic oxidation sites excluding steroid dienone is 9. The summed E-state index contributed by atoms with van der Waals surface area (Å²) in [6.45, 7) is 6.80. The van der Waals surface area contributed by atoms with Gasteiger partial charge in [-0.05, 0) is 82.7 Å². The topological polar surface area (TPSA) is 0 Å². The van der Waals surface area contributed by atoms with E-state index >= 15 is 0 Å². The minimum atomic E-state index is 0.512. The molecule has 5 rings (SSSR count). The van der Waals surface area contributed by atoms with Gasteiger partial charge in [0.15, 0.2) is 0 Å². The number of benzene rings is 1. The van der Waals surface area contributed by atoms with Crippen LogP contribution >= 0.6 is 11.8 Å². The largest absolute Gasteiger partial charge is 0.118 e. The van der Waals surface area contributed by atoms with Crippen molar-refractivity contribution in [2.75, 3.05) is 0 Å². The zero-order valence-corrected chi connectivity index (χ0v) is 15.8. The third kappa shape index (κ3) is 2.29. The van der Waals surface area contributed by atoms with E-state index in [9.17, 15) is 0 Å². The van der Waals surface area contributed by atoms with Crippen LogP contribution in [0.2, 0.25) is 0 Å². The third-order valence-corrected chi connectivity index (χ3v) is 7.32. The van der Waals surface area contributed by atoms with Gasteiger partial charge < -0.3 is 0 Å². The molecule has 2 unspecified atom stereocenters. The lowest BCUT2D eigenvalue weighted by molar-refractivity contribution is 0.842. The highest BCUT2D eigenvalue weighted by molar-refractivity contribution is 8.04. The quantitative estimate of drug-likeness (QED) is 0.575. The van der Waals surface area contributed by atoms with Crippen molar-refractivity contribution in [1.82, 2.24) is 0 Å². The van der Waals surface area contributed by atoms with Crippen molar-refractivity contribution in [1.29, 1.82) is 0 Å². The second-order valence-electron chi connectivity index (χ2n) is 7.46. The number of fused-ring (bicyclic) bond motifs is 3. The number of thioether (sulfide) groups is 1. The molecule has 0 fully saturated rings. The van der Waals surface area contributed by atoms with Crippen molar-refractivity contribution < 1.29 is 0 Å². The lowest BCUT2D eigenvalue weighted by Gasteiger charge is -2.21. The Hall–Kier alpha value is -1.99. The molecule has 1 heteroatoms. The lowest BCUT2D eigenvalue weighted by atomic mass is 9.85. The molecular weight excluding hydrogens is 320 g/mol. The third-order valence-electron chi connectivity index (χ3n) is 6.01. The molecule has 0 spiro atoms. The molecule has 25 heavy (non-hydrogen) atoms. The van der Waals surface area contributed by atoms with E-state index in [1.54, 1.807) is 5.57 Å². The lowest BCUT2D eigenvalue weighted by Crippen LogP contribution is -2.08. The van der Waals surface area contributed by atoms with Crippen LogP contribution in [0, 0.1) is 0 Å². The molecule has 4 aliphatic rings. The molecule has 1 aliphatic heterocycles. The fourth-order valence-corrected chi connectivity index (χ4v) is 5.74. The van der Waals surface area contributed by atoms with E-state index in [0.29, 0.717) is 11.2 Å². The Morgan fingerprint density at radius 3 is 2.76 bits per heavy atom. The van der Waals surface area contributed by atoms with Crippen LogP contribution in [-0.2, 0) is 0 Å². The van der Waals surface area contributed by atoms with Crippen LogP contribution in [0.15, 0.2) is 86.9 Å². The molecule has 0 radical (unpaired) electrons. The molecule has 1 aromatic rings. The summed E-state index contributed by atoms with van der Waals surface area (Å²) < 4.78 is 0. The highest BCUT2D eigenvalue weighted by Crippen LogP contribution is 2.50. The van der Waals surface area contributed by atoms with Gasteiger partial charge in [-0.25, -0.2) is 0 Å². The summed E-state index contributed by atoms with van der Waals surface area (Å²) in [6, 6.07) is 8.82. The van der Waals surface area contributed by atoms with Gasteiger partial charge in [0.25, 0.3) is 0 Å². The van der Waals surface area contributed by atoms with Gasteiger partial charge in [-0.2, -0.15) is 0 Å². The molecule has 0 amide bonds. The summed E-state index contributed by atoms with van der Waals surface area (Å²) in [4.78, 5) is 1.48. The Kier molecular flexibility index (Phi) is 3.36. The van der Waals surface area contributed by atoms with Crippen LogP contribution in [0.5, 0.6) is 0 Å². The smallest absolute Gasteiger partial charge is 0.0533 e. The molecule has 1 heterocycles. The van der Waals surface area contributed by atoms with Gasteiger partial charge in [0.05, 0.1) is 5.25 Å². The second kappa shape index (κ2) is 5.51. The van der Waals surface area contributed by atoms with Gasteiger partial charge in [0.2, 0.25) is 0 Å². The summed E-state index contributed by atoms with van der Waals surface area (Å²) in [5.74, 6) is 0.512. The van der Waals surface area contributed by atoms with Crippen LogP contribution in [0.1, 0.15) is 44.2 Å². The van der Waals surface area contributed by atoms with Crippen LogP contribution in [0.25, 0.3) is 6.08 Å². The minimum absolute atomic E-state index is 0.512. The summed E-state index contributed by atoms with van der Waals surface area (Å²) >= 11 is 2.01. The van der Waals surface area contributed by atoms with Crippen molar-refractivity contribution in [3.8, 4) is 0 Å². The summed E-state index contributed by atoms with van der Waals surface area (Å²) in [5.41, 5.74) is 11.7. The fraction of sp³-hybridized carbons (Fsp3) is 0.250. The molecule has 0 bridgehead atoms. The van der Waals surface area contributed by atoms with Crippen molar-refractivity contribution >= 4 is 17.8 Å². The Labute approximate surface area is 154 Å². The maximum atomic E-state index is 2.52. The van der Waals surface area contributed by atoms with Crippen molar-refractivity contribution in [3.63, 3.8) is 0 Å². The van der Waals surface area contributed by atoms with Gasteiger partial charge in [0, 0.05) is 5.92 Å². The molecule has 2 atom stereocenters. The SMILES string of the molecule is CC1=C(CC2C=Cc3ccccc32)C2=CC3SC(C)=C(C)C3=CC2=C1. The summed E-state index contributed by atoms with van der Waals surface area (Å²) in [5, 5.41) is 0.513. The normalized spacial score (nSPS) is 26.4. The van der Waals surface area contributed by atoms with E-state index in [1.807, 2.05) is 11.8 Å². The first-order valence-corrected chi connectivity index (χ1v) is 9.97. The zero-order valence-electron chi connectivity index (χ0n) is 15.0. The molecule has 0 nitrogen and oxygen atoms in total. The van der Waals surface area contributed by atoms with E-state index in [4.69, 9.17) is 0 Å². The Bertz CT molecular complexity index is 975. The Morgan fingerprint density at radius 2 is 1.88 bits per heavy atom. The van der Waals surface area contributed by atoms with E-state index in [0.717, 1.165) is 6.42 Å². The standard InChI is InChI=1S/C24H22S/c1-14-10-19-12-22-15(2)16(3)25-24(22)13-23(19)21(14)11-18-9-8-17-6-4-5-7-20(17)18/h4-10,12-13,18,24H,11H2,1-3H3. The van der Waals surface area contributed by atoms with Gasteiger partial charge in [-0.1, -0.05) is 48.6 Å². The monoisotopic (exact) mass is 342 g/mol. The van der Waals surface area contributed by atoms with Crippen molar-refractivity contribution in [2.24, 2.45) is 0 Å². The first-order chi connectivity index (χ1) is 12.1. The molecule has 0 saturated heterocycles. The van der Waals surface area contributed by atoms with Crippen LogP contribution in [-0.4, -0.2) is 5.25 Å². The van der Waals surface area contributed by atoms with Crippen LogP contribution in [0.3, 0.4) is 0 Å². The first-order valence-electron chi connectivity index (χ1n) is 9.09. The minimum Gasteiger partial charge on any atom is -0.118 e. The molecule has 0 saturated carbocycles. The highest BCUT2D eigenvalue weighted by Gasteiger charge is 2.32. The van der Waals surface area contributed by atoms with Crippen molar-refractivity contribution in [2.45, 2.75) is 38.4 Å². The number of hydrogen-bond acceptors (Lipinski definition) is 1. The van der Waals surface area contributed by atoms with Gasteiger partial charge >= 0.3 is 0 Å². The predicted octanol–water partition coefficient (Wildman–Crippen LogP) is 6.72. The van der Waals surface area contributed by atoms with E-state index in [-0.39, 0.29) is 0 Å². The van der Waals surface area contributed by atoms with Crippen LogP contribution in [0.4, 0.5) is 0 Å². The maximum absolute atomic E-state index is 2.52. The summed E-state index contributed by atoms with van der Waals surface area (Å²) in [6.07, 6.45) is 13.1. The Morgan fingerprint density at radius 1 is 1.04 bits per heavy atom. The molecule has 0 aromatic heterocycles. The summed E-state index contributed by atoms with van der Waals surface area (Å²) in [7, 11) is 0. The van der Waals surface area contributed by atoms with Gasteiger partial charge in [-0.15, -0.1) is 11.8 Å². The second-order valence-corrected chi connectivity index (χ2v) is 8.82. The zero-order chi connectivity index (χ0) is 17.1. The first kappa shape index (κ1) is 15.3. The van der Waals surface area contributed by atoms with E-state index in [1.165, 1.54) is 43.9 Å². The van der Waals surface area contributed by atoms with Crippen molar-refractivity contribution in [3.05, 3.63) is 98.0 Å². The Balaban J connectivity index is 1.46. The van der Waals surface area contributed by atoms with E-state index < -0.39 is 0 Å². The molecule has 3 aliphatic carbocycles. The van der Waals surface area contributed by atoms with Crippen LogP contribution < -0.4 is 0 Å². The maximum Gasteiger partial charge on any atom is 0.0533 e.